The van der Waals surface area contributed by atoms with Crippen molar-refractivity contribution in [2.45, 2.75) is 58.4 Å². The fraction of sp³-hybridized carbons (Fsp3) is 0.700. The molecule has 0 aromatic carbocycles. The van der Waals surface area contributed by atoms with E-state index in [4.69, 9.17) is 4.42 Å². The van der Waals surface area contributed by atoms with Gasteiger partial charge in [-0.2, -0.15) is 0 Å². The number of carbonyl (C=O) groups is 2. The van der Waals surface area contributed by atoms with E-state index in [0.29, 0.717) is 37.7 Å². The van der Waals surface area contributed by atoms with Gasteiger partial charge in [-0.1, -0.05) is 13.3 Å². The second-order valence-electron chi connectivity index (χ2n) is 7.14. The molecule has 0 aliphatic carbocycles. The highest BCUT2D eigenvalue weighted by Gasteiger charge is 2.18. The lowest BCUT2D eigenvalue weighted by molar-refractivity contribution is -0.121. The van der Waals surface area contributed by atoms with Gasteiger partial charge in [0.25, 0.3) is 5.91 Å². The number of amides is 2. The lowest BCUT2D eigenvalue weighted by Gasteiger charge is -2.33. The molecule has 0 spiro atoms. The van der Waals surface area contributed by atoms with Crippen LogP contribution in [0.15, 0.2) is 23.0 Å². The van der Waals surface area contributed by atoms with Gasteiger partial charge in [-0.15, -0.1) is 0 Å². The Morgan fingerprint density at radius 3 is 2.88 bits per heavy atom. The Morgan fingerprint density at radius 2 is 2.19 bits per heavy atom. The monoisotopic (exact) mass is 363 g/mol. The number of nitrogens with zero attached hydrogens (tertiary/aromatic N) is 2. The summed E-state index contributed by atoms with van der Waals surface area (Å²) in [5.41, 5.74) is 0.537. The summed E-state index contributed by atoms with van der Waals surface area (Å²) in [6.07, 6.45) is 9.02. The Hall–Kier alpha value is -1.82. The molecule has 26 heavy (non-hydrogen) atoms. The normalized spacial score (nSPS) is 17.8. The van der Waals surface area contributed by atoms with Gasteiger partial charge in [0.1, 0.15) is 6.26 Å². The summed E-state index contributed by atoms with van der Waals surface area (Å²) in [4.78, 5) is 28.7. The Bertz CT molecular complexity index is 545. The fourth-order valence-electron chi connectivity index (χ4n) is 3.48. The van der Waals surface area contributed by atoms with Gasteiger partial charge < -0.3 is 19.5 Å². The van der Waals surface area contributed by atoms with E-state index in [-0.39, 0.29) is 11.8 Å². The predicted molar refractivity (Wildman–Crippen MR) is 102 cm³/mol. The van der Waals surface area contributed by atoms with E-state index < -0.39 is 0 Å². The van der Waals surface area contributed by atoms with Gasteiger partial charge in [0.05, 0.1) is 11.8 Å². The van der Waals surface area contributed by atoms with E-state index in [1.807, 2.05) is 6.92 Å². The number of hydrogen-bond acceptors (Lipinski definition) is 4. The van der Waals surface area contributed by atoms with E-state index in [1.165, 1.54) is 38.3 Å². The highest BCUT2D eigenvalue weighted by atomic mass is 16.3. The molecule has 1 aromatic rings. The summed E-state index contributed by atoms with van der Waals surface area (Å²) in [6.45, 7) is 8.32. The summed E-state index contributed by atoms with van der Waals surface area (Å²) in [5.74, 6) is -0.0646. The summed E-state index contributed by atoms with van der Waals surface area (Å²) < 4.78 is 4.98. The van der Waals surface area contributed by atoms with Crippen LogP contribution < -0.4 is 5.32 Å². The van der Waals surface area contributed by atoms with Crippen molar-refractivity contribution in [3.05, 3.63) is 24.2 Å². The summed E-state index contributed by atoms with van der Waals surface area (Å²) in [5, 5.41) is 2.99. The third kappa shape index (κ3) is 6.48. The SMILES string of the molecule is CCCN(CCC(=O)NCCCN1CCCCC1C)C(=O)c1ccoc1. The number of hydrogen-bond donors (Lipinski definition) is 1. The summed E-state index contributed by atoms with van der Waals surface area (Å²) >= 11 is 0. The standard InChI is InChI=1S/C20H33N3O3/c1-3-11-23(20(25)18-9-15-26-16-18)14-8-19(24)21-10-6-13-22-12-5-4-7-17(22)2/h9,15-17H,3-8,10-14H2,1-2H3,(H,21,24). The maximum absolute atomic E-state index is 12.4. The van der Waals surface area contributed by atoms with Crippen LogP contribution in [0.3, 0.4) is 0 Å². The Balaban J connectivity index is 1.65. The summed E-state index contributed by atoms with van der Waals surface area (Å²) in [6, 6.07) is 2.32. The zero-order valence-corrected chi connectivity index (χ0v) is 16.2. The van der Waals surface area contributed by atoms with Crippen molar-refractivity contribution in [3.63, 3.8) is 0 Å². The number of furan rings is 1. The first-order valence-corrected chi connectivity index (χ1v) is 9.94. The highest BCUT2D eigenvalue weighted by Crippen LogP contribution is 2.16. The van der Waals surface area contributed by atoms with Crippen molar-refractivity contribution < 1.29 is 14.0 Å². The number of piperidine rings is 1. The van der Waals surface area contributed by atoms with E-state index in [2.05, 4.69) is 17.1 Å². The molecule has 1 aromatic heterocycles. The lowest BCUT2D eigenvalue weighted by atomic mass is 10.0. The van der Waals surface area contributed by atoms with Crippen molar-refractivity contribution >= 4 is 11.8 Å². The first-order valence-electron chi connectivity index (χ1n) is 9.94. The van der Waals surface area contributed by atoms with Crippen LogP contribution in [0.5, 0.6) is 0 Å². The second kappa shape index (κ2) is 11.0. The third-order valence-electron chi connectivity index (χ3n) is 5.04. The Morgan fingerprint density at radius 1 is 1.35 bits per heavy atom. The van der Waals surface area contributed by atoms with E-state index in [1.54, 1.807) is 11.0 Å². The highest BCUT2D eigenvalue weighted by molar-refractivity contribution is 5.94. The van der Waals surface area contributed by atoms with Crippen molar-refractivity contribution in [1.82, 2.24) is 15.1 Å². The van der Waals surface area contributed by atoms with Gasteiger partial charge in [0.15, 0.2) is 0 Å². The minimum absolute atomic E-state index is 0.0118. The van der Waals surface area contributed by atoms with Crippen LogP contribution in [-0.2, 0) is 4.79 Å². The van der Waals surface area contributed by atoms with Crippen LogP contribution in [-0.4, -0.2) is 60.4 Å². The van der Waals surface area contributed by atoms with Gasteiger partial charge in [-0.3, -0.25) is 9.59 Å². The summed E-state index contributed by atoms with van der Waals surface area (Å²) in [7, 11) is 0. The number of carbonyl (C=O) groups excluding carboxylic acids is 2. The number of nitrogens with one attached hydrogen (secondary N) is 1. The average molecular weight is 364 g/mol. The molecule has 146 valence electrons. The molecule has 1 unspecified atom stereocenters. The zero-order valence-electron chi connectivity index (χ0n) is 16.2. The van der Waals surface area contributed by atoms with E-state index in [0.717, 1.165) is 19.4 Å². The molecule has 2 heterocycles. The lowest BCUT2D eigenvalue weighted by Crippen LogP contribution is -2.39. The first-order chi connectivity index (χ1) is 12.6. The predicted octanol–water partition coefficient (Wildman–Crippen LogP) is 2.90. The van der Waals surface area contributed by atoms with Crippen LogP contribution in [0.1, 0.15) is 62.7 Å². The fourth-order valence-corrected chi connectivity index (χ4v) is 3.48. The molecule has 6 nitrogen and oxygen atoms in total. The molecule has 2 amide bonds. The number of rotatable bonds is 10. The molecule has 1 saturated heterocycles. The first kappa shape index (κ1) is 20.5. The van der Waals surface area contributed by atoms with Gasteiger partial charge in [0, 0.05) is 38.6 Å². The molecule has 1 aliphatic heterocycles. The average Bonchev–Trinajstić information content (AvgIpc) is 3.17. The molecule has 0 saturated carbocycles. The van der Waals surface area contributed by atoms with E-state index >= 15 is 0 Å². The molecule has 1 atom stereocenters. The molecule has 6 heteroatoms. The Kier molecular flexibility index (Phi) is 8.68. The topological polar surface area (TPSA) is 65.8 Å². The van der Waals surface area contributed by atoms with Crippen LogP contribution in [0.2, 0.25) is 0 Å². The Labute approximate surface area is 156 Å². The van der Waals surface area contributed by atoms with Crippen molar-refractivity contribution in [3.8, 4) is 0 Å². The maximum atomic E-state index is 12.4. The molecule has 0 bridgehead atoms. The zero-order chi connectivity index (χ0) is 18.8. The maximum Gasteiger partial charge on any atom is 0.257 e. The molecular formula is C20H33N3O3. The van der Waals surface area contributed by atoms with Gasteiger partial charge in [0.2, 0.25) is 5.91 Å². The van der Waals surface area contributed by atoms with E-state index in [9.17, 15) is 9.59 Å². The van der Waals surface area contributed by atoms with Gasteiger partial charge in [-0.05, 0) is 45.2 Å². The molecule has 1 aliphatic rings. The van der Waals surface area contributed by atoms with Crippen molar-refractivity contribution in [2.75, 3.05) is 32.7 Å². The quantitative estimate of drug-likeness (QED) is 0.649. The number of likely N-dealkylation sites (tertiary alicyclic amines) is 1. The van der Waals surface area contributed by atoms with Crippen LogP contribution in [0.4, 0.5) is 0 Å². The second-order valence-corrected chi connectivity index (χ2v) is 7.14. The minimum atomic E-state index is -0.0764. The molecule has 1 N–H and O–H groups in total. The largest absolute Gasteiger partial charge is 0.472 e. The molecule has 0 radical (unpaired) electrons. The van der Waals surface area contributed by atoms with Crippen LogP contribution in [0.25, 0.3) is 0 Å². The molecular weight excluding hydrogens is 330 g/mol. The minimum Gasteiger partial charge on any atom is -0.472 e. The smallest absolute Gasteiger partial charge is 0.257 e. The van der Waals surface area contributed by atoms with Gasteiger partial charge >= 0.3 is 0 Å². The van der Waals surface area contributed by atoms with Crippen molar-refractivity contribution in [2.24, 2.45) is 0 Å². The van der Waals surface area contributed by atoms with Crippen LogP contribution in [0, 0.1) is 0 Å². The molecule has 1 fully saturated rings. The van der Waals surface area contributed by atoms with Crippen molar-refractivity contribution in [1.29, 1.82) is 0 Å². The van der Waals surface area contributed by atoms with Gasteiger partial charge in [-0.25, -0.2) is 0 Å². The molecule has 2 rings (SSSR count). The van der Waals surface area contributed by atoms with Crippen LogP contribution >= 0.6 is 0 Å². The third-order valence-corrected chi connectivity index (χ3v) is 5.04.